The summed E-state index contributed by atoms with van der Waals surface area (Å²) in [6.45, 7) is 2.00. The van der Waals surface area contributed by atoms with Crippen LogP contribution in [-0.2, 0) is 15.6 Å². The van der Waals surface area contributed by atoms with Crippen molar-refractivity contribution < 1.29 is 12.8 Å². The normalized spacial score (nSPS) is 12.7. The summed E-state index contributed by atoms with van der Waals surface area (Å²) in [6.07, 6.45) is 2.27. The minimum Gasteiger partial charge on any atom is -0.377 e. The van der Waals surface area contributed by atoms with Gasteiger partial charge in [-0.2, -0.15) is 0 Å². The van der Waals surface area contributed by atoms with Crippen LogP contribution in [0.25, 0.3) is 0 Å². The van der Waals surface area contributed by atoms with E-state index in [1.54, 1.807) is 5.38 Å². The molecule has 0 fully saturated rings. The van der Waals surface area contributed by atoms with Crippen LogP contribution in [0.5, 0.6) is 0 Å². The van der Waals surface area contributed by atoms with Crippen molar-refractivity contribution in [3.8, 4) is 0 Å². The van der Waals surface area contributed by atoms with Crippen LogP contribution in [0, 0.1) is 5.82 Å². The van der Waals surface area contributed by atoms with Gasteiger partial charge < -0.3 is 5.32 Å². The molecule has 0 saturated carbocycles. The molecule has 3 aromatic rings. The van der Waals surface area contributed by atoms with E-state index in [9.17, 15) is 12.8 Å². The molecule has 0 radical (unpaired) electrons. The Hall–Kier alpha value is -1.96. The van der Waals surface area contributed by atoms with E-state index in [2.05, 4.69) is 10.3 Å². The molecule has 0 bridgehead atoms. The van der Waals surface area contributed by atoms with E-state index in [0.717, 1.165) is 18.1 Å². The van der Waals surface area contributed by atoms with Gasteiger partial charge in [0, 0.05) is 11.6 Å². The van der Waals surface area contributed by atoms with Crippen molar-refractivity contribution in [3.05, 3.63) is 75.5 Å². The van der Waals surface area contributed by atoms with Crippen molar-refractivity contribution in [2.75, 3.05) is 5.32 Å². The van der Waals surface area contributed by atoms with Gasteiger partial charge in [-0.05, 0) is 24.1 Å². The molecule has 0 aliphatic heterocycles. The number of benzene rings is 2. The number of nitrogens with one attached hydrogen (secondary N) is 1. The molecule has 0 unspecified atom stereocenters. The fraction of sp³-hybridized carbons (Fsp3) is 0.211. The quantitative estimate of drug-likeness (QED) is 0.546. The molecule has 0 amide bonds. The smallest absolute Gasteiger partial charge is 0.187 e. The van der Waals surface area contributed by atoms with Crippen LogP contribution in [0.15, 0.2) is 58.9 Å². The summed E-state index contributed by atoms with van der Waals surface area (Å²) in [5.41, 5.74) is 1.40. The molecular formula is C19H18ClFN2O2S2. The van der Waals surface area contributed by atoms with Crippen LogP contribution in [-0.4, -0.2) is 13.4 Å². The number of thiazole rings is 1. The van der Waals surface area contributed by atoms with Gasteiger partial charge in [0.05, 0.1) is 16.8 Å². The minimum atomic E-state index is -3.88. The summed E-state index contributed by atoms with van der Waals surface area (Å²) >= 11 is 7.48. The number of aromatic nitrogens is 1. The predicted molar refractivity (Wildman–Crippen MR) is 108 cm³/mol. The summed E-state index contributed by atoms with van der Waals surface area (Å²) in [7, 11) is -3.88. The monoisotopic (exact) mass is 424 g/mol. The van der Waals surface area contributed by atoms with E-state index >= 15 is 0 Å². The molecular weight excluding hydrogens is 407 g/mol. The van der Waals surface area contributed by atoms with Gasteiger partial charge >= 0.3 is 0 Å². The topological polar surface area (TPSA) is 59.1 Å². The first-order valence-electron chi connectivity index (χ1n) is 8.32. The van der Waals surface area contributed by atoms with Crippen molar-refractivity contribution in [1.29, 1.82) is 0 Å². The lowest BCUT2D eigenvalue weighted by molar-refractivity contribution is 0.566. The lowest BCUT2D eigenvalue weighted by atomic mass is 10.0. The van der Waals surface area contributed by atoms with Crippen molar-refractivity contribution >= 4 is 38.5 Å². The van der Waals surface area contributed by atoms with Gasteiger partial charge in [-0.25, -0.2) is 17.8 Å². The summed E-state index contributed by atoms with van der Waals surface area (Å²) in [4.78, 5) is 3.54. The number of sulfone groups is 1. The lowest BCUT2D eigenvalue weighted by Gasteiger charge is -2.20. The number of nitrogens with zero attached hydrogens (tertiary/aromatic N) is 1. The van der Waals surface area contributed by atoms with Crippen molar-refractivity contribution in [3.63, 3.8) is 0 Å². The third-order valence-electron chi connectivity index (χ3n) is 4.09. The number of rotatable bonds is 7. The van der Waals surface area contributed by atoms with Gasteiger partial charge in [0.25, 0.3) is 0 Å². The average Bonchev–Trinajstić information content (AvgIpc) is 3.15. The lowest BCUT2D eigenvalue weighted by Crippen LogP contribution is -2.12. The van der Waals surface area contributed by atoms with Crippen LogP contribution in [0.3, 0.4) is 0 Å². The van der Waals surface area contributed by atoms with Crippen molar-refractivity contribution in [2.24, 2.45) is 0 Å². The van der Waals surface area contributed by atoms with E-state index in [-0.39, 0.29) is 16.8 Å². The van der Waals surface area contributed by atoms with Gasteiger partial charge in [-0.3, -0.25) is 0 Å². The summed E-state index contributed by atoms with van der Waals surface area (Å²) in [6, 6.07) is 12.0. The van der Waals surface area contributed by atoms with E-state index in [1.807, 2.05) is 37.3 Å². The molecule has 8 heteroatoms. The Bertz CT molecular complexity index is 1010. The SMILES string of the molecule is CC[C@@H](Nc1cc(F)c(S(=O)(=O)Cc2nccs2)cc1Cl)c1ccccc1. The zero-order chi connectivity index (χ0) is 19.4. The second-order valence-electron chi connectivity index (χ2n) is 5.96. The van der Waals surface area contributed by atoms with Crippen LogP contribution < -0.4 is 5.32 Å². The molecule has 1 atom stereocenters. The van der Waals surface area contributed by atoms with Crippen molar-refractivity contribution in [2.45, 2.75) is 30.0 Å². The average molecular weight is 425 g/mol. The highest BCUT2D eigenvalue weighted by Gasteiger charge is 2.23. The predicted octanol–water partition coefficient (Wildman–Crippen LogP) is 5.47. The van der Waals surface area contributed by atoms with Gasteiger partial charge in [0.1, 0.15) is 21.5 Å². The van der Waals surface area contributed by atoms with E-state index in [4.69, 9.17) is 11.6 Å². The summed E-state index contributed by atoms with van der Waals surface area (Å²) in [5.74, 6) is -1.19. The fourth-order valence-electron chi connectivity index (χ4n) is 2.74. The van der Waals surface area contributed by atoms with E-state index < -0.39 is 20.5 Å². The Labute approximate surface area is 167 Å². The third-order valence-corrected chi connectivity index (χ3v) is 7.01. The zero-order valence-electron chi connectivity index (χ0n) is 14.5. The number of halogens is 2. The Kier molecular flexibility index (Phi) is 6.14. The van der Waals surface area contributed by atoms with Crippen LogP contribution in [0.1, 0.15) is 30.0 Å². The minimum absolute atomic E-state index is 0.0686. The van der Waals surface area contributed by atoms with Crippen LogP contribution in [0.4, 0.5) is 10.1 Å². The molecule has 3 rings (SSSR count). The standard InChI is InChI=1S/C19H18ClFN2O2S2/c1-2-16(13-6-4-3-5-7-13)23-17-11-15(21)18(10-14(17)20)27(24,25)12-19-22-8-9-26-19/h3-11,16,23H,2,12H2,1H3/t16-/m1/s1. The maximum Gasteiger partial charge on any atom is 0.187 e. The molecule has 1 aromatic heterocycles. The maximum atomic E-state index is 14.6. The molecule has 2 aromatic carbocycles. The highest BCUT2D eigenvalue weighted by molar-refractivity contribution is 7.90. The van der Waals surface area contributed by atoms with E-state index in [0.29, 0.717) is 10.7 Å². The number of hydrogen-bond donors (Lipinski definition) is 1. The summed E-state index contributed by atoms with van der Waals surface area (Å²) < 4.78 is 39.7. The van der Waals surface area contributed by atoms with Crippen LogP contribution >= 0.6 is 22.9 Å². The third kappa shape index (κ3) is 4.66. The first kappa shape index (κ1) is 19.8. The molecule has 0 aliphatic carbocycles. The molecule has 27 heavy (non-hydrogen) atoms. The molecule has 0 aliphatic rings. The van der Waals surface area contributed by atoms with Gasteiger partial charge in [-0.1, -0.05) is 48.9 Å². The molecule has 142 valence electrons. The second kappa shape index (κ2) is 8.37. The molecule has 1 N–H and O–H groups in total. The van der Waals surface area contributed by atoms with Gasteiger partial charge in [0.15, 0.2) is 9.84 Å². The molecule has 0 saturated heterocycles. The molecule has 4 nitrogen and oxygen atoms in total. The summed E-state index contributed by atoms with van der Waals surface area (Å²) in [5, 5.41) is 5.44. The van der Waals surface area contributed by atoms with Crippen LogP contribution in [0.2, 0.25) is 5.02 Å². The second-order valence-corrected chi connectivity index (χ2v) is 9.31. The fourth-order valence-corrected chi connectivity index (χ4v) is 5.37. The molecule has 1 heterocycles. The Balaban J connectivity index is 1.88. The maximum absolute atomic E-state index is 14.6. The highest BCUT2D eigenvalue weighted by Crippen LogP contribution is 2.33. The Morgan fingerprint density at radius 2 is 2.00 bits per heavy atom. The first-order chi connectivity index (χ1) is 12.9. The van der Waals surface area contributed by atoms with Gasteiger partial charge in [0.2, 0.25) is 0 Å². The number of hydrogen-bond acceptors (Lipinski definition) is 5. The number of anilines is 1. The highest BCUT2D eigenvalue weighted by atomic mass is 35.5. The van der Waals surface area contributed by atoms with Gasteiger partial charge in [-0.15, -0.1) is 11.3 Å². The first-order valence-corrected chi connectivity index (χ1v) is 11.2. The van der Waals surface area contributed by atoms with E-state index in [1.165, 1.54) is 23.6 Å². The molecule has 0 spiro atoms. The largest absolute Gasteiger partial charge is 0.377 e. The van der Waals surface area contributed by atoms with Crippen molar-refractivity contribution in [1.82, 2.24) is 4.98 Å². The zero-order valence-corrected chi connectivity index (χ0v) is 16.9. The Morgan fingerprint density at radius 3 is 2.63 bits per heavy atom. The Morgan fingerprint density at radius 1 is 1.26 bits per heavy atom.